The highest BCUT2D eigenvalue weighted by Crippen LogP contribution is 2.25. The van der Waals surface area contributed by atoms with Gasteiger partial charge in [-0.05, 0) is 24.3 Å². The van der Waals surface area contributed by atoms with Crippen LogP contribution < -0.4 is 0 Å². The molecule has 3 aromatic heterocycles. The van der Waals surface area contributed by atoms with Gasteiger partial charge in [-0.3, -0.25) is 4.99 Å². The summed E-state index contributed by atoms with van der Waals surface area (Å²) in [6.45, 7) is 0.370. The predicted molar refractivity (Wildman–Crippen MR) is 65.9 cm³/mol. The number of rotatable bonds is 4. The quantitative estimate of drug-likeness (QED) is 0.727. The molecule has 0 unspecified atom stereocenters. The molecule has 6 nitrogen and oxygen atoms in total. The minimum atomic E-state index is -0.297. The third-order valence-electron chi connectivity index (χ3n) is 2.41. The van der Waals surface area contributed by atoms with Crippen molar-refractivity contribution in [2.45, 2.75) is 6.54 Å². The normalized spacial score (nSPS) is 11.4. The number of oxazole rings is 1. The van der Waals surface area contributed by atoms with Crippen LogP contribution in [0.5, 0.6) is 5.95 Å². The molecule has 0 aliphatic carbocycles. The molecule has 0 aliphatic heterocycles. The summed E-state index contributed by atoms with van der Waals surface area (Å²) < 4.78 is 15.3. The van der Waals surface area contributed by atoms with Crippen molar-refractivity contribution in [2.75, 3.05) is 0 Å². The summed E-state index contributed by atoms with van der Waals surface area (Å²) in [6, 6.07) is 7.00. The molecule has 0 saturated carbocycles. The minimum Gasteiger partial charge on any atom is -0.479 e. The SMILES string of the molecule is Oc1oc(-c2ccco2)nc1C=NCc1ccco1. The molecule has 1 N–H and O–H groups in total. The maximum Gasteiger partial charge on any atom is 0.312 e. The zero-order valence-electron chi connectivity index (χ0n) is 9.81. The van der Waals surface area contributed by atoms with Gasteiger partial charge in [-0.2, -0.15) is 0 Å². The molecule has 0 atom stereocenters. The van der Waals surface area contributed by atoms with Gasteiger partial charge in [0, 0.05) is 0 Å². The highest BCUT2D eigenvalue weighted by Gasteiger charge is 2.13. The Labute approximate surface area is 108 Å². The minimum absolute atomic E-state index is 0.210. The van der Waals surface area contributed by atoms with Gasteiger partial charge >= 0.3 is 5.95 Å². The van der Waals surface area contributed by atoms with Crippen molar-refractivity contribution >= 4 is 6.21 Å². The summed E-state index contributed by atoms with van der Waals surface area (Å²) in [6.07, 6.45) is 4.50. The Morgan fingerprint density at radius 3 is 2.79 bits per heavy atom. The summed E-state index contributed by atoms with van der Waals surface area (Å²) in [4.78, 5) is 8.19. The van der Waals surface area contributed by atoms with Crippen LogP contribution in [0.25, 0.3) is 11.7 Å². The number of aromatic nitrogens is 1. The maximum absolute atomic E-state index is 9.60. The van der Waals surface area contributed by atoms with Gasteiger partial charge in [-0.15, -0.1) is 0 Å². The van der Waals surface area contributed by atoms with Crippen LogP contribution in [0.4, 0.5) is 0 Å². The zero-order chi connectivity index (χ0) is 13.1. The van der Waals surface area contributed by atoms with Crippen molar-refractivity contribution < 1.29 is 18.4 Å². The molecule has 3 heterocycles. The van der Waals surface area contributed by atoms with E-state index in [9.17, 15) is 5.11 Å². The summed E-state index contributed by atoms with van der Waals surface area (Å²) in [5, 5.41) is 9.60. The lowest BCUT2D eigenvalue weighted by molar-refractivity contribution is 0.333. The van der Waals surface area contributed by atoms with Gasteiger partial charge in [0.25, 0.3) is 5.89 Å². The van der Waals surface area contributed by atoms with Gasteiger partial charge in [-0.1, -0.05) is 0 Å². The first-order valence-corrected chi connectivity index (χ1v) is 5.59. The van der Waals surface area contributed by atoms with E-state index in [0.717, 1.165) is 5.76 Å². The second-order valence-electron chi connectivity index (χ2n) is 3.74. The first-order chi connectivity index (χ1) is 9.33. The van der Waals surface area contributed by atoms with Crippen LogP contribution in [0.3, 0.4) is 0 Å². The van der Waals surface area contributed by atoms with E-state index in [0.29, 0.717) is 12.3 Å². The van der Waals surface area contributed by atoms with E-state index in [4.69, 9.17) is 13.3 Å². The Bertz CT molecular complexity index is 666. The topological polar surface area (TPSA) is 84.9 Å². The van der Waals surface area contributed by atoms with Crippen LogP contribution in [0.1, 0.15) is 11.5 Å². The van der Waals surface area contributed by atoms with Crippen molar-refractivity contribution in [1.82, 2.24) is 4.98 Å². The molecule has 0 aliphatic rings. The van der Waals surface area contributed by atoms with Crippen LogP contribution in [0.15, 0.2) is 55.0 Å². The van der Waals surface area contributed by atoms with Crippen molar-refractivity contribution in [3.05, 3.63) is 48.2 Å². The van der Waals surface area contributed by atoms with Crippen LogP contribution in [-0.4, -0.2) is 16.3 Å². The summed E-state index contributed by atoms with van der Waals surface area (Å²) >= 11 is 0. The van der Waals surface area contributed by atoms with Crippen LogP contribution in [0.2, 0.25) is 0 Å². The van der Waals surface area contributed by atoms with Crippen molar-refractivity contribution in [1.29, 1.82) is 0 Å². The summed E-state index contributed by atoms with van der Waals surface area (Å²) in [7, 11) is 0. The van der Waals surface area contributed by atoms with E-state index in [1.165, 1.54) is 12.5 Å². The van der Waals surface area contributed by atoms with E-state index in [1.54, 1.807) is 24.5 Å². The Morgan fingerprint density at radius 1 is 1.21 bits per heavy atom. The van der Waals surface area contributed by atoms with Gasteiger partial charge in [0.05, 0.1) is 25.3 Å². The standard InChI is InChI=1S/C13H10N2O4/c16-13-10(8-14-7-9-3-1-5-17-9)15-12(19-13)11-4-2-6-18-11/h1-6,8,16H,7H2. The van der Waals surface area contributed by atoms with Crippen LogP contribution in [0, 0.1) is 0 Å². The largest absolute Gasteiger partial charge is 0.479 e. The number of aliphatic imine (C=N–C) groups is 1. The number of hydrogen-bond acceptors (Lipinski definition) is 6. The van der Waals surface area contributed by atoms with Crippen molar-refractivity contribution in [3.8, 4) is 17.6 Å². The van der Waals surface area contributed by atoms with Gasteiger partial charge < -0.3 is 18.4 Å². The van der Waals surface area contributed by atoms with E-state index in [2.05, 4.69) is 9.98 Å². The third kappa shape index (κ3) is 2.42. The number of nitrogens with zero attached hydrogens (tertiary/aromatic N) is 2. The highest BCUT2D eigenvalue weighted by molar-refractivity contribution is 5.80. The number of hydrogen-bond donors (Lipinski definition) is 1. The first kappa shape index (κ1) is 11.3. The molecule has 0 amide bonds. The lowest BCUT2D eigenvalue weighted by Gasteiger charge is -1.87. The molecule has 0 saturated heterocycles. The molecule has 3 rings (SSSR count). The molecule has 0 fully saturated rings. The third-order valence-corrected chi connectivity index (χ3v) is 2.41. The lowest BCUT2D eigenvalue weighted by atomic mass is 10.4. The van der Waals surface area contributed by atoms with Gasteiger partial charge in [0.2, 0.25) is 0 Å². The van der Waals surface area contributed by atoms with Crippen molar-refractivity contribution in [2.24, 2.45) is 4.99 Å². The molecule has 19 heavy (non-hydrogen) atoms. The highest BCUT2D eigenvalue weighted by atomic mass is 16.5. The molecule has 0 radical (unpaired) electrons. The Kier molecular flexibility index (Phi) is 2.89. The fraction of sp³-hybridized carbons (Fsp3) is 0.0769. The molecule has 0 spiro atoms. The second-order valence-corrected chi connectivity index (χ2v) is 3.74. The summed E-state index contributed by atoms with van der Waals surface area (Å²) in [5.74, 6) is 1.09. The fourth-order valence-corrected chi connectivity index (χ4v) is 1.54. The van der Waals surface area contributed by atoms with E-state index >= 15 is 0 Å². The zero-order valence-corrected chi connectivity index (χ0v) is 9.81. The fourth-order valence-electron chi connectivity index (χ4n) is 1.54. The Balaban J connectivity index is 1.76. The lowest BCUT2D eigenvalue weighted by Crippen LogP contribution is -1.84. The number of aromatic hydroxyl groups is 1. The summed E-state index contributed by atoms with van der Waals surface area (Å²) in [5.41, 5.74) is 0.248. The monoisotopic (exact) mass is 258 g/mol. The smallest absolute Gasteiger partial charge is 0.312 e. The number of furan rings is 2. The van der Waals surface area contributed by atoms with Crippen molar-refractivity contribution in [3.63, 3.8) is 0 Å². The van der Waals surface area contributed by atoms with Gasteiger partial charge in [0.15, 0.2) is 11.5 Å². The first-order valence-electron chi connectivity index (χ1n) is 5.59. The molecular weight excluding hydrogens is 248 g/mol. The Hall–Kier alpha value is -2.76. The van der Waals surface area contributed by atoms with Crippen LogP contribution >= 0.6 is 0 Å². The predicted octanol–water partition coefficient (Wildman–Crippen LogP) is 2.85. The van der Waals surface area contributed by atoms with E-state index < -0.39 is 0 Å². The van der Waals surface area contributed by atoms with E-state index in [1.807, 2.05) is 6.07 Å². The van der Waals surface area contributed by atoms with Crippen LogP contribution in [-0.2, 0) is 6.54 Å². The molecule has 0 aromatic carbocycles. The second kappa shape index (κ2) is 4.85. The average molecular weight is 258 g/mol. The molecule has 96 valence electrons. The van der Waals surface area contributed by atoms with Gasteiger partial charge in [-0.25, -0.2) is 4.98 Å². The molecule has 6 heteroatoms. The van der Waals surface area contributed by atoms with Gasteiger partial charge in [0.1, 0.15) is 5.76 Å². The molecule has 0 bridgehead atoms. The Morgan fingerprint density at radius 2 is 2.05 bits per heavy atom. The molecule has 3 aromatic rings. The van der Waals surface area contributed by atoms with E-state index in [-0.39, 0.29) is 17.5 Å². The molecular formula is C13H10N2O4. The maximum atomic E-state index is 9.60. The average Bonchev–Trinajstić information content (AvgIpc) is 3.11.